The number of ether oxygens (including phenoxy) is 1. The zero-order valence-electron chi connectivity index (χ0n) is 11.5. The predicted molar refractivity (Wildman–Crippen MR) is 75.7 cm³/mol. The summed E-state index contributed by atoms with van der Waals surface area (Å²) >= 11 is 0. The Labute approximate surface area is 120 Å². The molecule has 0 aliphatic carbocycles. The Morgan fingerprint density at radius 3 is 2.81 bits per heavy atom. The molecule has 9 nitrogen and oxygen atoms in total. The molecule has 1 aliphatic rings. The molecule has 0 radical (unpaired) electrons. The van der Waals surface area contributed by atoms with Crippen LogP contribution in [0.5, 0.6) is 0 Å². The molecular formula is C12H14N8O. The summed E-state index contributed by atoms with van der Waals surface area (Å²) in [7, 11) is 0. The van der Waals surface area contributed by atoms with Crippen molar-refractivity contribution >= 4 is 11.6 Å². The maximum atomic E-state index is 8.65. The first-order chi connectivity index (χ1) is 10.3. The van der Waals surface area contributed by atoms with Crippen LogP contribution >= 0.6 is 0 Å². The van der Waals surface area contributed by atoms with Crippen molar-refractivity contribution in [2.45, 2.75) is 6.92 Å². The van der Waals surface area contributed by atoms with Gasteiger partial charge in [0, 0.05) is 36.5 Å². The summed E-state index contributed by atoms with van der Waals surface area (Å²) in [6, 6.07) is 1.97. The van der Waals surface area contributed by atoms with E-state index in [1.165, 1.54) is 6.20 Å². The van der Waals surface area contributed by atoms with Crippen molar-refractivity contribution in [3.63, 3.8) is 0 Å². The van der Waals surface area contributed by atoms with Gasteiger partial charge in [-0.05, 0) is 17.6 Å². The largest absolute Gasteiger partial charge is 0.378 e. The van der Waals surface area contributed by atoms with E-state index in [-0.39, 0.29) is 5.82 Å². The van der Waals surface area contributed by atoms with Gasteiger partial charge in [-0.3, -0.25) is 0 Å². The van der Waals surface area contributed by atoms with Crippen molar-refractivity contribution in [2.24, 2.45) is 5.11 Å². The van der Waals surface area contributed by atoms with Gasteiger partial charge in [-0.15, -0.1) is 0 Å². The molecule has 1 saturated heterocycles. The van der Waals surface area contributed by atoms with Crippen molar-refractivity contribution < 1.29 is 4.74 Å². The minimum atomic E-state index is 0.206. The fraction of sp³-hybridized carbons (Fsp3) is 0.417. The van der Waals surface area contributed by atoms with Crippen molar-refractivity contribution in [1.29, 1.82) is 0 Å². The van der Waals surface area contributed by atoms with E-state index in [1.54, 1.807) is 10.9 Å². The van der Waals surface area contributed by atoms with Crippen molar-refractivity contribution in [1.82, 2.24) is 19.7 Å². The topological polar surface area (TPSA) is 105 Å². The highest BCUT2D eigenvalue weighted by atomic mass is 16.5. The summed E-state index contributed by atoms with van der Waals surface area (Å²) < 4.78 is 7.03. The molecule has 0 spiro atoms. The Bertz CT molecular complexity index is 684. The van der Waals surface area contributed by atoms with Crippen LogP contribution in [0.3, 0.4) is 0 Å². The Balaban J connectivity index is 2.08. The maximum absolute atomic E-state index is 8.65. The van der Waals surface area contributed by atoms with Crippen molar-refractivity contribution in [2.75, 3.05) is 31.2 Å². The summed E-state index contributed by atoms with van der Waals surface area (Å²) in [5.74, 6) is 1.52. The number of aromatic nitrogens is 4. The SMILES string of the molecule is Cc1cc(N2CCOCC2)n(-c2nccnc2N=[N+]=[N-])n1. The van der Waals surface area contributed by atoms with Gasteiger partial charge >= 0.3 is 0 Å². The summed E-state index contributed by atoms with van der Waals surface area (Å²) in [6.07, 6.45) is 3.03. The number of rotatable bonds is 3. The number of nitrogens with zero attached hydrogens (tertiary/aromatic N) is 8. The summed E-state index contributed by atoms with van der Waals surface area (Å²) in [6.45, 7) is 4.82. The third-order valence-corrected chi connectivity index (χ3v) is 3.15. The Morgan fingerprint density at radius 2 is 2.05 bits per heavy atom. The van der Waals surface area contributed by atoms with E-state index >= 15 is 0 Å². The molecule has 2 aromatic rings. The first-order valence-electron chi connectivity index (χ1n) is 6.55. The average molecular weight is 286 g/mol. The van der Waals surface area contributed by atoms with Crippen LogP contribution in [0.25, 0.3) is 16.3 Å². The number of morpholine rings is 1. The second-order valence-corrected chi connectivity index (χ2v) is 4.55. The highest BCUT2D eigenvalue weighted by molar-refractivity contribution is 5.53. The third-order valence-electron chi connectivity index (χ3n) is 3.15. The summed E-state index contributed by atoms with van der Waals surface area (Å²) in [5, 5.41) is 8.03. The molecule has 21 heavy (non-hydrogen) atoms. The molecule has 1 fully saturated rings. The normalized spacial score (nSPS) is 14.8. The monoisotopic (exact) mass is 286 g/mol. The fourth-order valence-corrected chi connectivity index (χ4v) is 2.25. The molecule has 0 saturated carbocycles. The van der Waals surface area contributed by atoms with E-state index in [9.17, 15) is 0 Å². The van der Waals surface area contributed by atoms with Gasteiger partial charge in [-0.1, -0.05) is 0 Å². The van der Waals surface area contributed by atoms with E-state index in [2.05, 4.69) is 30.0 Å². The molecule has 0 amide bonds. The number of azide groups is 1. The zero-order chi connectivity index (χ0) is 14.7. The van der Waals surface area contributed by atoms with Gasteiger partial charge in [0.2, 0.25) is 0 Å². The van der Waals surface area contributed by atoms with Gasteiger partial charge in [0.05, 0.1) is 18.9 Å². The maximum Gasteiger partial charge on any atom is 0.184 e. The van der Waals surface area contributed by atoms with Crippen LogP contribution < -0.4 is 4.90 Å². The predicted octanol–water partition coefficient (Wildman–Crippen LogP) is 1.75. The highest BCUT2D eigenvalue weighted by Crippen LogP contribution is 2.25. The molecular weight excluding hydrogens is 272 g/mol. The van der Waals surface area contributed by atoms with Crippen LogP contribution in [-0.4, -0.2) is 46.1 Å². The van der Waals surface area contributed by atoms with Gasteiger partial charge in [0.15, 0.2) is 11.6 Å². The third kappa shape index (κ3) is 2.64. The zero-order valence-corrected chi connectivity index (χ0v) is 11.5. The van der Waals surface area contributed by atoms with E-state index in [0.29, 0.717) is 19.0 Å². The number of hydrogen-bond acceptors (Lipinski definition) is 6. The number of aryl methyl sites for hydroxylation is 1. The summed E-state index contributed by atoms with van der Waals surface area (Å²) in [5.41, 5.74) is 9.50. The molecule has 0 atom stereocenters. The smallest absolute Gasteiger partial charge is 0.184 e. The van der Waals surface area contributed by atoms with Crippen LogP contribution in [0.4, 0.5) is 11.6 Å². The van der Waals surface area contributed by atoms with Gasteiger partial charge in [-0.25, -0.2) is 9.97 Å². The number of hydrogen-bond donors (Lipinski definition) is 0. The molecule has 2 aromatic heterocycles. The first kappa shape index (κ1) is 13.3. The van der Waals surface area contributed by atoms with Gasteiger partial charge in [0.1, 0.15) is 5.82 Å². The lowest BCUT2D eigenvalue weighted by Gasteiger charge is -2.28. The Morgan fingerprint density at radius 1 is 1.29 bits per heavy atom. The van der Waals surface area contributed by atoms with E-state index < -0.39 is 0 Å². The van der Waals surface area contributed by atoms with E-state index in [1.807, 2.05) is 13.0 Å². The van der Waals surface area contributed by atoms with Crippen LogP contribution in [-0.2, 0) is 4.74 Å². The van der Waals surface area contributed by atoms with Crippen LogP contribution in [0.15, 0.2) is 23.6 Å². The quantitative estimate of drug-likeness (QED) is 0.485. The lowest BCUT2D eigenvalue weighted by Crippen LogP contribution is -2.37. The molecule has 108 valence electrons. The molecule has 0 unspecified atom stereocenters. The second-order valence-electron chi connectivity index (χ2n) is 4.55. The van der Waals surface area contributed by atoms with Gasteiger partial charge < -0.3 is 9.64 Å². The molecule has 3 heterocycles. The molecule has 0 bridgehead atoms. The first-order valence-corrected chi connectivity index (χ1v) is 6.55. The van der Waals surface area contributed by atoms with Crippen LogP contribution in [0.2, 0.25) is 0 Å². The number of anilines is 1. The minimum absolute atomic E-state index is 0.206. The lowest BCUT2D eigenvalue weighted by molar-refractivity contribution is 0.122. The standard InChI is InChI=1S/C12H14N8O/c1-9-8-10(19-4-6-21-7-5-19)20(17-9)12-11(16-18-13)14-2-3-15-12/h2-3,8H,4-7H2,1H3. The molecule has 1 aliphatic heterocycles. The Kier molecular flexibility index (Phi) is 3.67. The Hall–Kier alpha value is -2.64. The van der Waals surface area contributed by atoms with E-state index in [4.69, 9.17) is 10.3 Å². The lowest BCUT2D eigenvalue weighted by atomic mass is 10.4. The summed E-state index contributed by atoms with van der Waals surface area (Å²) in [4.78, 5) is 13.3. The molecule has 3 rings (SSSR count). The van der Waals surface area contributed by atoms with Crippen LogP contribution in [0.1, 0.15) is 5.69 Å². The highest BCUT2D eigenvalue weighted by Gasteiger charge is 2.19. The minimum Gasteiger partial charge on any atom is -0.378 e. The molecule has 9 heteroatoms. The van der Waals surface area contributed by atoms with Crippen molar-refractivity contribution in [3.05, 3.63) is 34.6 Å². The fourth-order valence-electron chi connectivity index (χ4n) is 2.25. The van der Waals surface area contributed by atoms with Gasteiger partial charge in [0.25, 0.3) is 0 Å². The molecule has 0 N–H and O–H groups in total. The second kappa shape index (κ2) is 5.78. The average Bonchev–Trinajstić information content (AvgIpc) is 2.91. The molecule has 0 aromatic carbocycles. The van der Waals surface area contributed by atoms with Crippen LogP contribution in [0, 0.1) is 6.92 Å². The van der Waals surface area contributed by atoms with Gasteiger partial charge in [-0.2, -0.15) is 9.78 Å². The van der Waals surface area contributed by atoms with E-state index in [0.717, 1.165) is 24.6 Å². The van der Waals surface area contributed by atoms with Crippen molar-refractivity contribution in [3.8, 4) is 5.82 Å².